The van der Waals surface area contributed by atoms with Crippen LogP contribution in [-0.2, 0) is 16.0 Å². The number of fused-ring (bicyclic) bond motifs is 1. The van der Waals surface area contributed by atoms with Gasteiger partial charge in [0.2, 0.25) is 0 Å². The van der Waals surface area contributed by atoms with Crippen LogP contribution in [0.5, 0.6) is 0 Å². The number of benzene rings is 1. The summed E-state index contributed by atoms with van der Waals surface area (Å²) in [5, 5.41) is 9.13. The Morgan fingerprint density at radius 3 is 3.04 bits per heavy atom. The molecular weight excluding hydrogens is 290 g/mol. The number of H-pyrrole nitrogens is 1. The topological polar surface area (TPSA) is 78.8 Å². The second-order valence-electron chi connectivity index (χ2n) is 6.20. The number of aromatic amines is 1. The summed E-state index contributed by atoms with van der Waals surface area (Å²) in [5.41, 5.74) is 3.06. The molecule has 1 heterocycles. The summed E-state index contributed by atoms with van der Waals surface area (Å²) in [7, 11) is 0. The Kier molecular flexibility index (Phi) is 4.61. The summed E-state index contributed by atoms with van der Waals surface area (Å²) in [6, 6.07) is 8.25. The Morgan fingerprint density at radius 1 is 1.43 bits per heavy atom. The lowest BCUT2D eigenvalue weighted by atomic mass is 9.87. The Balaban J connectivity index is 1.57. The molecule has 5 nitrogen and oxygen atoms in total. The normalized spacial score (nSPS) is 21.0. The summed E-state index contributed by atoms with van der Waals surface area (Å²) in [6.07, 6.45) is 4.28. The first-order chi connectivity index (χ1) is 11.2. The van der Waals surface area contributed by atoms with E-state index in [1.54, 1.807) is 0 Å². The molecule has 0 aliphatic heterocycles. The molecule has 2 aromatic rings. The standard InChI is InChI=1S/C18H21N3O2/c1-12-5-4-7-14-18(12)21-16(20-14)9-10-17(22)23-15-8-3-2-6-13(15)11-19/h4-5,7,13,15H,2-3,6,8-10H2,1H3,(H,20,21)/t13-,15-/m0/s1. The molecule has 5 heteroatoms. The molecular formula is C18H21N3O2. The first-order valence-corrected chi connectivity index (χ1v) is 8.20. The summed E-state index contributed by atoms with van der Waals surface area (Å²) in [4.78, 5) is 19.8. The molecule has 1 aliphatic carbocycles. The third-order valence-electron chi connectivity index (χ3n) is 4.48. The molecule has 0 spiro atoms. The van der Waals surface area contributed by atoms with Gasteiger partial charge in [-0.15, -0.1) is 0 Å². The number of para-hydroxylation sites is 1. The van der Waals surface area contributed by atoms with Gasteiger partial charge in [-0.2, -0.15) is 5.26 Å². The minimum absolute atomic E-state index is 0.151. The minimum atomic E-state index is -0.241. The number of carbonyl (C=O) groups excluding carboxylic acids is 1. The fourth-order valence-electron chi connectivity index (χ4n) is 3.18. The van der Waals surface area contributed by atoms with E-state index in [9.17, 15) is 4.79 Å². The smallest absolute Gasteiger partial charge is 0.306 e. The number of aromatic nitrogens is 2. The highest BCUT2D eigenvalue weighted by Crippen LogP contribution is 2.26. The van der Waals surface area contributed by atoms with Gasteiger partial charge in [-0.05, 0) is 37.8 Å². The molecule has 0 amide bonds. The van der Waals surface area contributed by atoms with Gasteiger partial charge in [-0.3, -0.25) is 4.79 Å². The van der Waals surface area contributed by atoms with E-state index < -0.39 is 0 Å². The van der Waals surface area contributed by atoms with Crippen molar-refractivity contribution in [3.05, 3.63) is 29.6 Å². The molecule has 1 aliphatic rings. The van der Waals surface area contributed by atoms with Crippen molar-refractivity contribution in [1.29, 1.82) is 5.26 Å². The lowest BCUT2D eigenvalue weighted by Crippen LogP contribution is -2.29. The van der Waals surface area contributed by atoms with E-state index in [4.69, 9.17) is 10.00 Å². The summed E-state index contributed by atoms with van der Waals surface area (Å²) >= 11 is 0. The molecule has 0 unspecified atom stereocenters. The molecule has 2 atom stereocenters. The maximum Gasteiger partial charge on any atom is 0.306 e. The number of ether oxygens (including phenoxy) is 1. The first kappa shape index (κ1) is 15.5. The van der Waals surface area contributed by atoms with Gasteiger partial charge in [0, 0.05) is 6.42 Å². The maximum atomic E-state index is 12.1. The van der Waals surface area contributed by atoms with Crippen molar-refractivity contribution in [3.8, 4) is 6.07 Å². The third-order valence-corrected chi connectivity index (χ3v) is 4.48. The highest BCUT2D eigenvalue weighted by Gasteiger charge is 2.28. The van der Waals surface area contributed by atoms with Gasteiger partial charge < -0.3 is 9.72 Å². The van der Waals surface area contributed by atoms with Crippen molar-refractivity contribution in [1.82, 2.24) is 9.97 Å². The van der Waals surface area contributed by atoms with Crippen molar-refractivity contribution in [3.63, 3.8) is 0 Å². The number of nitrogens with zero attached hydrogens (tertiary/aromatic N) is 2. The fraction of sp³-hybridized carbons (Fsp3) is 0.500. The molecule has 1 saturated carbocycles. The van der Waals surface area contributed by atoms with Crippen molar-refractivity contribution < 1.29 is 9.53 Å². The van der Waals surface area contributed by atoms with Crippen molar-refractivity contribution in [2.75, 3.05) is 0 Å². The number of hydrogen-bond acceptors (Lipinski definition) is 4. The van der Waals surface area contributed by atoms with Crippen LogP contribution < -0.4 is 0 Å². The first-order valence-electron chi connectivity index (χ1n) is 8.20. The monoisotopic (exact) mass is 311 g/mol. The van der Waals surface area contributed by atoms with Crippen LogP contribution in [0.2, 0.25) is 0 Å². The van der Waals surface area contributed by atoms with Crippen LogP contribution in [0.1, 0.15) is 43.5 Å². The summed E-state index contributed by atoms with van der Waals surface area (Å²) in [6.45, 7) is 2.02. The van der Waals surface area contributed by atoms with E-state index in [2.05, 4.69) is 16.0 Å². The summed E-state index contributed by atoms with van der Waals surface area (Å²) < 4.78 is 5.51. The Labute approximate surface area is 135 Å². The zero-order chi connectivity index (χ0) is 16.2. The number of esters is 1. The molecule has 0 saturated heterocycles. The molecule has 23 heavy (non-hydrogen) atoms. The molecule has 3 rings (SSSR count). The lowest BCUT2D eigenvalue weighted by Gasteiger charge is -2.26. The maximum absolute atomic E-state index is 12.1. The Hall–Kier alpha value is -2.35. The molecule has 120 valence electrons. The zero-order valence-corrected chi connectivity index (χ0v) is 13.3. The minimum Gasteiger partial charge on any atom is -0.461 e. The van der Waals surface area contributed by atoms with Gasteiger partial charge in [-0.25, -0.2) is 4.98 Å². The SMILES string of the molecule is Cc1cccc2[nH]c(CCC(=O)O[C@H]3CCCC[C@H]3C#N)nc12. The molecule has 1 fully saturated rings. The number of hydrogen-bond donors (Lipinski definition) is 1. The van der Waals surface area contributed by atoms with Crippen molar-refractivity contribution in [2.24, 2.45) is 5.92 Å². The van der Waals surface area contributed by atoms with E-state index in [0.717, 1.165) is 48.1 Å². The quantitative estimate of drug-likeness (QED) is 0.877. The van der Waals surface area contributed by atoms with E-state index >= 15 is 0 Å². The van der Waals surface area contributed by atoms with Crippen LogP contribution in [-0.4, -0.2) is 22.0 Å². The average molecular weight is 311 g/mol. The van der Waals surface area contributed by atoms with Crippen molar-refractivity contribution >= 4 is 17.0 Å². The fourth-order valence-corrected chi connectivity index (χ4v) is 3.18. The van der Waals surface area contributed by atoms with Crippen LogP contribution in [0.4, 0.5) is 0 Å². The Bertz CT molecular complexity index is 744. The highest BCUT2D eigenvalue weighted by molar-refractivity contribution is 5.78. The van der Waals surface area contributed by atoms with Crippen LogP contribution in [0.15, 0.2) is 18.2 Å². The van der Waals surface area contributed by atoms with E-state index in [-0.39, 0.29) is 24.4 Å². The molecule has 0 bridgehead atoms. The van der Waals surface area contributed by atoms with Crippen LogP contribution >= 0.6 is 0 Å². The van der Waals surface area contributed by atoms with E-state index in [1.165, 1.54) is 0 Å². The number of nitriles is 1. The molecule has 0 radical (unpaired) electrons. The van der Waals surface area contributed by atoms with Gasteiger partial charge in [0.05, 0.1) is 29.4 Å². The van der Waals surface area contributed by atoms with Gasteiger partial charge in [0.15, 0.2) is 0 Å². The third kappa shape index (κ3) is 3.53. The van der Waals surface area contributed by atoms with Gasteiger partial charge >= 0.3 is 5.97 Å². The average Bonchev–Trinajstić information content (AvgIpc) is 2.98. The van der Waals surface area contributed by atoms with Gasteiger partial charge in [0.25, 0.3) is 0 Å². The summed E-state index contributed by atoms with van der Waals surface area (Å²) in [5.74, 6) is 0.405. The largest absolute Gasteiger partial charge is 0.461 e. The lowest BCUT2D eigenvalue weighted by molar-refractivity contribution is -0.152. The van der Waals surface area contributed by atoms with Crippen LogP contribution in [0.25, 0.3) is 11.0 Å². The molecule has 1 aromatic heterocycles. The van der Waals surface area contributed by atoms with Crippen LogP contribution in [0, 0.1) is 24.2 Å². The Morgan fingerprint density at radius 2 is 2.26 bits per heavy atom. The number of aryl methyl sites for hydroxylation is 2. The second-order valence-corrected chi connectivity index (χ2v) is 6.20. The number of imidazole rings is 1. The van der Waals surface area contributed by atoms with E-state index in [1.807, 2.05) is 25.1 Å². The van der Waals surface area contributed by atoms with Crippen LogP contribution in [0.3, 0.4) is 0 Å². The predicted octanol–water partition coefficient (Wildman–Crippen LogP) is 3.43. The predicted molar refractivity (Wildman–Crippen MR) is 86.6 cm³/mol. The van der Waals surface area contributed by atoms with E-state index in [0.29, 0.717) is 6.42 Å². The highest BCUT2D eigenvalue weighted by atomic mass is 16.5. The molecule has 1 aromatic carbocycles. The second kappa shape index (κ2) is 6.82. The number of carbonyl (C=O) groups is 1. The number of nitrogens with one attached hydrogen (secondary N) is 1. The molecule has 1 N–H and O–H groups in total. The zero-order valence-electron chi connectivity index (χ0n) is 13.3. The van der Waals surface area contributed by atoms with Gasteiger partial charge in [0.1, 0.15) is 11.9 Å². The van der Waals surface area contributed by atoms with Gasteiger partial charge in [-0.1, -0.05) is 18.6 Å². The van der Waals surface area contributed by atoms with Crippen molar-refractivity contribution in [2.45, 2.75) is 51.6 Å². The number of rotatable bonds is 4.